The largest absolute Gasteiger partial charge is 0.459 e. The minimum Gasteiger partial charge on any atom is -0.459 e. The fourth-order valence-corrected chi connectivity index (χ4v) is 1.73. The highest BCUT2D eigenvalue weighted by Crippen LogP contribution is 2.04. The molecule has 0 aliphatic rings. The van der Waals surface area contributed by atoms with Gasteiger partial charge in [-0.1, -0.05) is 22.9 Å². The third-order valence-corrected chi connectivity index (χ3v) is 2.49. The van der Waals surface area contributed by atoms with Crippen LogP contribution in [0.3, 0.4) is 0 Å². The summed E-state index contributed by atoms with van der Waals surface area (Å²) in [6, 6.07) is 3.59. The first-order valence-electron chi connectivity index (χ1n) is 4.68. The molecule has 1 aromatic rings. The molecular weight excluding hydrogens is 246 g/mol. The third-order valence-electron chi connectivity index (χ3n) is 2.03. The predicted molar refractivity (Wildman–Crippen MR) is 58.7 cm³/mol. The Labute approximate surface area is 92.0 Å². The average molecular weight is 260 g/mol. The van der Waals surface area contributed by atoms with Crippen molar-refractivity contribution in [3.63, 3.8) is 0 Å². The molecule has 0 radical (unpaired) electrons. The second kappa shape index (κ2) is 5.86. The van der Waals surface area contributed by atoms with E-state index in [1.807, 2.05) is 0 Å². The van der Waals surface area contributed by atoms with Crippen LogP contribution in [0, 0.1) is 0 Å². The Balaban J connectivity index is 2.47. The van der Waals surface area contributed by atoms with Crippen LogP contribution >= 0.6 is 15.9 Å². The van der Waals surface area contributed by atoms with E-state index in [1.54, 1.807) is 12.1 Å². The number of carbonyl (C=O) groups excluding carboxylic acids is 1. The zero-order valence-corrected chi connectivity index (χ0v) is 9.71. The number of hydrogen-bond donors (Lipinski definition) is 1. The number of furan rings is 1. The summed E-state index contributed by atoms with van der Waals surface area (Å²) in [7, 11) is 0. The van der Waals surface area contributed by atoms with Crippen LogP contribution in [0.5, 0.6) is 0 Å². The summed E-state index contributed by atoms with van der Waals surface area (Å²) < 4.78 is 5.00. The van der Waals surface area contributed by atoms with Gasteiger partial charge >= 0.3 is 0 Å². The lowest BCUT2D eigenvalue weighted by Crippen LogP contribution is -2.34. The molecular formula is C10H14BrNO2. The smallest absolute Gasteiger partial charge is 0.287 e. The molecule has 1 aromatic heterocycles. The fourth-order valence-electron chi connectivity index (χ4n) is 1.17. The zero-order chi connectivity index (χ0) is 10.4. The monoisotopic (exact) mass is 259 g/mol. The van der Waals surface area contributed by atoms with Crippen LogP contribution in [0.1, 0.15) is 30.3 Å². The molecule has 1 unspecified atom stereocenters. The van der Waals surface area contributed by atoms with Crippen LogP contribution in [0.2, 0.25) is 0 Å². The van der Waals surface area contributed by atoms with Gasteiger partial charge in [-0.15, -0.1) is 0 Å². The molecule has 14 heavy (non-hydrogen) atoms. The second-order valence-corrected chi connectivity index (χ2v) is 3.83. The van der Waals surface area contributed by atoms with Gasteiger partial charge in [0.2, 0.25) is 0 Å². The van der Waals surface area contributed by atoms with Gasteiger partial charge in [-0.2, -0.15) is 0 Å². The van der Waals surface area contributed by atoms with E-state index in [1.165, 1.54) is 6.26 Å². The van der Waals surface area contributed by atoms with Crippen LogP contribution in [0.25, 0.3) is 0 Å². The molecule has 1 heterocycles. The first kappa shape index (κ1) is 11.3. The van der Waals surface area contributed by atoms with E-state index in [2.05, 4.69) is 28.2 Å². The van der Waals surface area contributed by atoms with Crippen LogP contribution in [-0.4, -0.2) is 17.3 Å². The Morgan fingerprint density at radius 3 is 3.00 bits per heavy atom. The molecule has 1 amide bonds. The van der Waals surface area contributed by atoms with E-state index in [0.29, 0.717) is 5.76 Å². The van der Waals surface area contributed by atoms with Crippen molar-refractivity contribution in [3.05, 3.63) is 24.2 Å². The third kappa shape index (κ3) is 3.18. The number of amides is 1. The first-order chi connectivity index (χ1) is 6.77. The molecule has 0 aliphatic carbocycles. The van der Waals surface area contributed by atoms with Gasteiger partial charge in [0.1, 0.15) is 0 Å². The van der Waals surface area contributed by atoms with E-state index in [9.17, 15) is 4.79 Å². The van der Waals surface area contributed by atoms with Crippen molar-refractivity contribution in [2.24, 2.45) is 0 Å². The lowest BCUT2D eigenvalue weighted by Gasteiger charge is -2.14. The Bertz CT molecular complexity index is 272. The fraction of sp³-hybridized carbons (Fsp3) is 0.500. The number of rotatable bonds is 5. The molecule has 0 spiro atoms. The lowest BCUT2D eigenvalue weighted by molar-refractivity contribution is 0.0907. The van der Waals surface area contributed by atoms with Gasteiger partial charge in [0.05, 0.1) is 6.26 Å². The van der Waals surface area contributed by atoms with Gasteiger partial charge in [-0.05, 0) is 25.0 Å². The van der Waals surface area contributed by atoms with Gasteiger partial charge < -0.3 is 9.73 Å². The number of carbonyl (C=O) groups is 1. The van der Waals surface area contributed by atoms with Crippen molar-refractivity contribution < 1.29 is 9.21 Å². The van der Waals surface area contributed by atoms with E-state index >= 15 is 0 Å². The normalized spacial score (nSPS) is 12.4. The van der Waals surface area contributed by atoms with Crippen LogP contribution in [0.15, 0.2) is 22.8 Å². The Kier molecular flexibility index (Phi) is 4.73. The molecule has 4 heteroatoms. The Morgan fingerprint density at radius 1 is 1.71 bits per heavy atom. The Morgan fingerprint density at radius 2 is 2.50 bits per heavy atom. The molecule has 0 aromatic carbocycles. The summed E-state index contributed by atoms with van der Waals surface area (Å²) in [5.41, 5.74) is 0. The van der Waals surface area contributed by atoms with E-state index in [-0.39, 0.29) is 11.9 Å². The first-order valence-corrected chi connectivity index (χ1v) is 5.80. The molecule has 1 rings (SSSR count). The van der Waals surface area contributed by atoms with Crippen molar-refractivity contribution in [2.45, 2.75) is 25.8 Å². The second-order valence-electron chi connectivity index (χ2n) is 3.03. The van der Waals surface area contributed by atoms with Crippen molar-refractivity contribution in [3.8, 4) is 0 Å². The number of hydrogen-bond acceptors (Lipinski definition) is 2. The summed E-state index contributed by atoms with van der Waals surface area (Å²) in [6.07, 6.45) is 3.36. The van der Waals surface area contributed by atoms with Gasteiger partial charge in [-0.3, -0.25) is 4.79 Å². The summed E-state index contributed by atoms with van der Waals surface area (Å²) in [6.45, 7) is 2.05. The standard InChI is InChI=1S/C10H14BrNO2/c1-2-8(5-6-11)12-10(13)9-4-3-7-14-9/h3-4,7-8H,2,5-6H2,1H3,(H,12,13). The number of nitrogens with one attached hydrogen (secondary N) is 1. The summed E-state index contributed by atoms with van der Waals surface area (Å²) in [5.74, 6) is 0.237. The van der Waals surface area contributed by atoms with E-state index in [0.717, 1.165) is 18.2 Å². The minimum absolute atomic E-state index is 0.136. The van der Waals surface area contributed by atoms with Gasteiger partial charge in [0.25, 0.3) is 5.91 Å². The maximum Gasteiger partial charge on any atom is 0.287 e. The van der Waals surface area contributed by atoms with Crippen molar-refractivity contribution in [2.75, 3.05) is 5.33 Å². The Hall–Kier alpha value is -0.770. The van der Waals surface area contributed by atoms with Gasteiger partial charge in [0, 0.05) is 11.4 Å². The molecule has 0 bridgehead atoms. The quantitative estimate of drug-likeness (QED) is 0.827. The molecule has 1 N–H and O–H groups in total. The molecule has 0 aliphatic heterocycles. The lowest BCUT2D eigenvalue weighted by atomic mass is 10.2. The van der Waals surface area contributed by atoms with E-state index < -0.39 is 0 Å². The highest BCUT2D eigenvalue weighted by atomic mass is 79.9. The van der Waals surface area contributed by atoms with Crippen LogP contribution in [-0.2, 0) is 0 Å². The predicted octanol–water partition coefficient (Wildman–Crippen LogP) is 2.57. The highest BCUT2D eigenvalue weighted by molar-refractivity contribution is 9.09. The molecule has 1 atom stereocenters. The van der Waals surface area contributed by atoms with Crippen molar-refractivity contribution >= 4 is 21.8 Å². The molecule has 0 saturated carbocycles. The topological polar surface area (TPSA) is 42.2 Å². The van der Waals surface area contributed by atoms with E-state index in [4.69, 9.17) is 4.42 Å². The number of alkyl halides is 1. The summed E-state index contributed by atoms with van der Waals surface area (Å²) in [4.78, 5) is 11.5. The number of halogens is 1. The summed E-state index contributed by atoms with van der Waals surface area (Å²) in [5, 5.41) is 3.80. The SMILES string of the molecule is CCC(CCBr)NC(=O)c1ccco1. The molecule has 0 fully saturated rings. The van der Waals surface area contributed by atoms with Crippen LogP contribution < -0.4 is 5.32 Å². The zero-order valence-electron chi connectivity index (χ0n) is 8.13. The maximum atomic E-state index is 11.5. The molecule has 78 valence electrons. The highest BCUT2D eigenvalue weighted by Gasteiger charge is 2.13. The minimum atomic E-state index is -0.136. The maximum absolute atomic E-state index is 11.5. The van der Waals surface area contributed by atoms with Gasteiger partial charge in [0.15, 0.2) is 5.76 Å². The van der Waals surface area contributed by atoms with Crippen molar-refractivity contribution in [1.29, 1.82) is 0 Å². The van der Waals surface area contributed by atoms with Crippen LogP contribution in [0.4, 0.5) is 0 Å². The van der Waals surface area contributed by atoms with Crippen molar-refractivity contribution in [1.82, 2.24) is 5.32 Å². The molecule has 0 saturated heterocycles. The average Bonchev–Trinajstić information content (AvgIpc) is 2.69. The molecule has 3 nitrogen and oxygen atoms in total. The van der Waals surface area contributed by atoms with Gasteiger partial charge in [-0.25, -0.2) is 0 Å². The summed E-state index contributed by atoms with van der Waals surface area (Å²) >= 11 is 3.35.